The average molecular weight is 438 g/mol. The second-order valence-electron chi connectivity index (χ2n) is 8.92. The van der Waals surface area contributed by atoms with Crippen LogP contribution in [-0.2, 0) is 17.8 Å². The minimum absolute atomic E-state index is 0.0821. The summed E-state index contributed by atoms with van der Waals surface area (Å²) in [6, 6.07) is 21.3. The molecule has 0 saturated carbocycles. The monoisotopic (exact) mass is 437 g/mol. The zero-order chi connectivity index (χ0) is 23.1. The number of hydrogen-bond donors (Lipinski definition) is 0. The summed E-state index contributed by atoms with van der Waals surface area (Å²) >= 11 is 0. The Balaban J connectivity index is 1.60. The molecule has 0 unspecified atom stereocenters. The van der Waals surface area contributed by atoms with E-state index < -0.39 is 6.04 Å². The van der Waals surface area contributed by atoms with E-state index in [9.17, 15) is 9.59 Å². The van der Waals surface area contributed by atoms with Gasteiger partial charge in [0.15, 0.2) is 0 Å². The van der Waals surface area contributed by atoms with Gasteiger partial charge in [0, 0.05) is 24.0 Å². The Hall–Kier alpha value is -3.73. The molecule has 0 radical (unpaired) electrons. The highest BCUT2D eigenvalue weighted by Crippen LogP contribution is 2.29. The van der Waals surface area contributed by atoms with Gasteiger partial charge >= 0.3 is 0 Å². The van der Waals surface area contributed by atoms with Crippen LogP contribution in [0, 0.1) is 13.8 Å². The van der Waals surface area contributed by atoms with E-state index in [-0.39, 0.29) is 11.5 Å². The smallest absolute Gasteiger partial charge is 0.275 e. The van der Waals surface area contributed by atoms with Gasteiger partial charge in [-0.05, 0) is 56.0 Å². The number of hydrogen-bond acceptors (Lipinski definition) is 3. The summed E-state index contributed by atoms with van der Waals surface area (Å²) in [4.78, 5) is 28.8. The van der Waals surface area contributed by atoms with Gasteiger partial charge < -0.3 is 4.90 Å². The minimum Gasteiger partial charge on any atom is -0.336 e. The number of carbonyl (C=O) groups is 1. The highest BCUT2D eigenvalue weighted by atomic mass is 16.2. The molecule has 1 aromatic heterocycles. The summed E-state index contributed by atoms with van der Waals surface area (Å²) < 4.78 is 1.38. The summed E-state index contributed by atoms with van der Waals surface area (Å²) in [5.41, 5.74) is 6.12. The van der Waals surface area contributed by atoms with Gasteiger partial charge in [0.1, 0.15) is 6.04 Å². The number of aromatic nitrogens is 2. The van der Waals surface area contributed by atoms with Gasteiger partial charge in [-0.1, -0.05) is 60.2 Å². The van der Waals surface area contributed by atoms with Crippen LogP contribution in [0.5, 0.6) is 0 Å². The molecule has 4 aromatic rings. The summed E-state index contributed by atoms with van der Waals surface area (Å²) in [6.45, 7) is 7.07. The lowest BCUT2D eigenvalue weighted by Crippen LogP contribution is -2.42. The van der Waals surface area contributed by atoms with Crippen molar-refractivity contribution >= 4 is 16.7 Å². The van der Waals surface area contributed by atoms with E-state index in [4.69, 9.17) is 5.10 Å². The topological polar surface area (TPSA) is 55.2 Å². The van der Waals surface area contributed by atoms with E-state index in [2.05, 4.69) is 30.3 Å². The van der Waals surface area contributed by atoms with Crippen molar-refractivity contribution in [3.8, 4) is 11.3 Å². The number of carbonyl (C=O) groups excluding carboxylic acids is 1. The van der Waals surface area contributed by atoms with Crippen LogP contribution in [0.4, 0.5) is 0 Å². The predicted molar refractivity (Wildman–Crippen MR) is 131 cm³/mol. The first-order valence-corrected chi connectivity index (χ1v) is 11.4. The maximum Gasteiger partial charge on any atom is 0.275 e. The van der Waals surface area contributed by atoms with Gasteiger partial charge in [0.2, 0.25) is 5.91 Å². The van der Waals surface area contributed by atoms with E-state index >= 15 is 0 Å². The van der Waals surface area contributed by atoms with Gasteiger partial charge in [0.25, 0.3) is 5.56 Å². The first-order chi connectivity index (χ1) is 15.9. The largest absolute Gasteiger partial charge is 0.336 e. The Labute approximate surface area is 193 Å². The lowest BCUT2D eigenvalue weighted by Gasteiger charge is -2.31. The highest BCUT2D eigenvalue weighted by Gasteiger charge is 2.28. The van der Waals surface area contributed by atoms with Crippen LogP contribution >= 0.6 is 0 Å². The Morgan fingerprint density at radius 1 is 0.939 bits per heavy atom. The van der Waals surface area contributed by atoms with Crippen LogP contribution in [-0.4, -0.2) is 27.1 Å². The van der Waals surface area contributed by atoms with Crippen molar-refractivity contribution in [2.45, 2.75) is 39.8 Å². The Bertz CT molecular complexity index is 1440. The van der Waals surface area contributed by atoms with Crippen molar-refractivity contribution < 1.29 is 4.79 Å². The molecule has 0 aliphatic carbocycles. The van der Waals surface area contributed by atoms with Crippen molar-refractivity contribution in [2.24, 2.45) is 0 Å². The normalized spacial score (nSPS) is 14.2. The van der Waals surface area contributed by atoms with Gasteiger partial charge in [-0.3, -0.25) is 9.59 Å². The quantitative estimate of drug-likeness (QED) is 0.461. The van der Waals surface area contributed by atoms with Crippen LogP contribution in [0.25, 0.3) is 22.0 Å². The molecule has 0 N–H and O–H groups in total. The Kier molecular flexibility index (Phi) is 5.33. The van der Waals surface area contributed by atoms with Crippen molar-refractivity contribution in [3.05, 3.63) is 99.3 Å². The van der Waals surface area contributed by atoms with Gasteiger partial charge in [-0.25, -0.2) is 4.68 Å². The Morgan fingerprint density at radius 3 is 2.42 bits per heavy atom. The number of benzene rings is 3. The fraction of sp³-hybridized carbons (Fsp3) is 0.250. The molecule has 0 bridgehead atoms. The predicted octanol–water partition coefficient (Wildman–Crippen LogP) is 4.83. The zero-order valence-electron chi connectivity index (χ0n) is 19.2. The molecule has 0 fully saturated rings. The summed E-state index contributed by atoms with van der Waals surface area (Å²) in [6.07, 6.45) is 0.822. The fourth-order valence-corrected chi connectivity index (χ4v) is 4.71. The number of fused-ring (bicyclic) bond motifs is 2. The highest BCUT2D eigenvalue weighted by molar-refractivity contribution is 5.94. The molecule has 1 aliphatic rings. The second-order valence-corrected chi connectivity index (χ2v) is 8.92. The van der Waals surface area contributed by atoms with Crippen LogP contribution in [0.2, 0.25) is 0 Å². The third-order valence-electron chi connectivity index (χ3n) is 6.64. The lowest BCUT2D eigenvalue weighted by molar-refractivity contribution is -0.135. The molecule has 5 nitrogen and oxygen atoms in total. The van der Waals surface area contributed by atoms with E-state index in [1.54, 1.807) is 6.92 Å². The van der Waals surface area contributed by atoms with Crippen LogP contribution in [0.1, 0.15) is 35.2 Å². The van der Waals surface area contributed by atoms with E-state index in [1.165, 1.54) is 15.8 Å². The van der Waals surface area contributed by atoms with Crippen LogP contribution in [0.15, 0.2) is 71.5 Å². The maximum atomic E-state index is 13.5. The fourth-order valence-electron chi connectivity index (χ4n) is 4.71. The molecule has 5 rings (SSSR count). The van der Waals surface area contributed by atoms with E-state index in [0.29, 0.717) is 18.5 Å². The third-order valence-corrected chi connectivity index (χ3v) is 6.64. The molecule has 33 heavy (non-hydrogen) atoms. The lowest BCUT2D eigenvalue weighted by atomic mass is 9.98. The van der Waals surface area contributed by atoms with Crippen molar-refractivity contribution in [2.75, 3.05) is 6.54 Å². The molecule has 5 heteroatoms. The molecule has 166 valence electrons. The molecule has 1 atom stereocenters. The molecule has 2 heterocycles. The molecule has 1 aliphatic heterocycles. The molecule has 1 amide bonds. The van der Waals surface area contributed by atoms with E-state index in [0.717, 1.165) is 34.2 Å². The molecular formula is C28H27N3O2. The van der Waals surface area contributed by atoms with Crippen LogP contribution < -0.4 is 5.56 Å². The second kappa shape index (κ2) is 8.32. The third kappa shape index (κ3) is 3.74. The number of rotatable bonds is 3. The standard InChI is InChI=1S/C28H27N3O2/c1-18-12-13-19(2)25(16-18)26-23-10-6-7-11-24(23)28(33)31(29-26)20(3)27(32)30-15-14-21-8-4-5-9-22(21)17-30/h4-13,16,20H,14-15,17H2,1-3H3/t20-/m1/s1. The maximum absolute atomic E-state index is 13.5. The zero-order valence-corrected chi connectivity index (χ0v) is 19.2. The SMILES string of the molecule is Cc1ccc(C)c(-c2nn([C@H](C)C(=O)N3CCc4ccccc4C3)c(=O)c3ccccc23)c1. The molecular weight excluding hydrogens is 410 g/mol. The summed E-state index contributed by atoms with van der Waals surface area (Å²) in [5.74, 6) is -0.0821. The van der Waals surface area contributed by atoms with Gasteiger partial charge in [0.05, 0.1) is 11.1 Å². The van der Waals surface area contributed by atoms with Crippen molar-refractivity contribution in [1.82, 2.24) is 14.7 Å². The number of amides is 1. The Morgan fingerprint density at radius 2 is 1.64 bits per heavy atom. The first kappa shape index (κ1) is 21.1. The summed E-state index contributed by atoms with van der Waals surface area (Å²) in [7, 11) is 0. The van der Waals surface area contributed by atoms with Gasteiger partial charge in [-0.15, -0.1) is 0 Å². The molecule has 0 spiro atoms. The molecule has 0 saturated heterocycles. The average Bonchev–Trinajstić information content (AvgIpc) is 2.85. The minimum atomic E-state index is -0.698. The number of nitrogens with zero attached hydrogens (tertiary/aromatic N) is 3. The summed E-state index contributed by atoms with van der Waals surface area (Å²) in [5, 5.41) is 6.17. The first-order valence-electron chi connectivity index (χ1n) is 11.4. The van der Waals surface area contributed by atoms with Crippen molar-refractivity contribution in [3.63, 3.8) is 0 Å². The van der Waals surface area contributed by atoms with Crippen LogP contribution in [0.3, 0.4) is 0 Å². The number of aryl methyl sites for hydroxylation is 2. The molecule has 3 aromatic carbocycles. The van der Waals surface area contributed by atoms with E-state index in [1.807, 2.05) is 55.1 Å². The van der Waals surface area contributed by atoms with Crippen molar-refractivity contribution in [1.29, 1.82) is 0 Å². The van der Waals surface area contributed by atoms with Gasteiger partial charge in [-0.2, -0.15) is 5.10 Å².